The predicted molar refractivity (Wildman–Crippen MR) is 97.6 cm³/mol. The molecule has 0 bridgehead atoms. The van der Waals surface area contributed by atoms with Crippen molar-refractivity contribution in [3.8, 4) is 0 Å². The molecule has 0 radical (unpaired) electrons. The van der Waals surface area contributed by atoms with Gasteiger partial charge in [-0.15, -0.1) is 12.4 Å². The molecular formula is C17H26BrClN2O. The van der Waals surface area contributed by atoms with Crippen molar-refractivity contribution in [3.63, 3.8) is 0 Å². The summed E-state index contributed by atoms with van der Waals surface area (Å²) < 4.78 is 1.03. The fraction of sp³-hybridized carbons (Fsp3) is 0.588. The largest absolute Gasteiger partial charge is 0.355 e. The van der Waals surface area contributed by atoms with Crippen molar-refractivity contribution in [2.45, 2.75) is 38.5 Å². The standard InChI is InChI=1S/C17H25BrN2O.ClH/c1-17(2,14-5-7-15(18)8-6-14)16(21)20-11-9-13-4-3-10-19-12-13;/h5-8,13,19H,3-4,9-12H2,1-2H3,(H,20,21);1H. The molecule has 1 aromatic rings. The van der Waals surface area contributed by atoms with Crippen LogP contribution in [0.15, 0.2) is 28.7 Å². The van der Waals surface area contributed by atoms with Crippen molar-refractivity contribution in [2.24, 2.45) is 5.92 Å². The van der Waals surface area contributed by atoms with E-state index in [1.54, 1.807) is 0 Å². The molecule has 1 atom stereocenters. The predicted octanol–water partition coefficient (Wildman–Crippen LogP) is 3.65. The molecule has 5 heteroatoms. The number of hydrogen-bond acceptors (Lipinski definition) is 2. The van der Waals surface area contributed by atoms with Crippen molar-refractivity contribution >= 4 is 34.2 Å². The third-order valence-electron chi connectivity index (χ3n) is 4.37. The first-order valence-electron chi connectivity index (χ1n) is 7.75. The van der Waals surface area contributed by atoms with Gasteiger partial charge in [0.2, 0.25) is 5.91 Å². The number of nitrogens with one attached hydrogen (secondary N) is 2. The van der Waals surface area contributed by atoms with E-state index in [1.165, 1.54) is 12.8 Å². The summed E-state index contributed by atoms with van der Waals surface area (Å²) >= 11 is 3.43. The highest BCUT2D eigenvalue weighted by Crippen LogP contribution is 2.25. The highest BCUT2D eigenvalue weighted by molar-refractivity contribution is 9.10. The maximum Gasteiger partial charge on any atom is 0.230 e. The molecule has 0 spiro atoms. The number of rotatable bonds is 5. The third kappa shape index (κ3) is 5.25. The van der Waals surface area contributed by atoms with E-state index in [2.05, 4.69) is 26.6 Å². The van der Waals surface area contributed by atoms with E-state index >= 15 is 0 Å². The smallest absolute Gasteiger partial charge is 0.230 e. The van der Waals surface area contributed by atoms with Gasteiger partial charge < -0.3 is 10.6 Å². The average molecular weight is 390 g/mol. The van der Waals surface area contributed by atoms with Crippen LogP contribution in [0.2, 0.25) is 0 Å². The lowest BCUT2D eigenvalue weighted by atomic mass is 9.83. The monoisotopic (exact) mass is 388 g/mol. The maximum absolute atomic E-state index is 12.5. The van der Waals surface area contributed by atoms with E-state index in [-0.39, 0.29) is 18.3 Å². The molecule has 1 fully saturated rings. The number of benzene rings is 1. The highest BCUT2D eigenvalue weighted by Gasteiger charge is 2.29. The van der Waals surface area contributed by atoms with Gasteiger partial charge in [0.25, 0.3) is 0 Å². The van der Waals surface area contributed by atoms with Gasteiger partial charge in [0.05, 0.1) is 5.41 Å². The fourth-order valence-electron chi connectivity index (χ4n) is 2.78. The maximum atomic E-state index is 12.5. The number of amides is 1. The third-order valence-corrected chi connectivity index (χ3v) is 4.90. The second-order valence-corrected chi connectivity index (χ2v) is 7.30. The Bertz CT molecular complexity index is 470. The quantitative estimate of drug-likeness (QED) is 0.807. The lowest BCUT2D eigenvalue weighted by Gasteiger charge is -2.26. The van der Waals surface area contributed by atoms with E-state index in [4.69, 9.17) is 0 Å². The zero-order valence-corrected chi connectivity index (χ0v) is 15.7. The average Bonchev–Trinajstić information content (AvgIpc) is 2.48. The summed E-state index contributed by atoms with van der Waals surface area (Å²) in [5.74, 6) is 0.809. The van der Waals surface area contributed by atoms with Crippen LogP contribution in [0.1, 0.15) is 38.7 Å². The molecule has 1 aliphatic rings. The SMILES string of the molecule is CC(C)(C(=O)NCCC1CCCNC1)c1ccc(Br)cc1.Cl. The summed E-state index contributed by atoms with van der Waals surface area (Å²) in [4.78, 5) is 12.5. The van der Waals surface area contributed by atoms with Crippen LogP contribution in [0.25, 0.3) is 0 Å². The van der Waals surface area contributed by atoms with Crippen LogP contribution in [0.5, 0.6) is 0 Å². The summed E-state index contributed by atoms with van der Waals surface area (Å²) in [6, 6.07) is 7.99. The van der Waals surface area contributed by atoms with E-state index in [0.29, 0.717) is 5.92 Å². The number of carbonyl (C=O) groups is 1. The Labute approximate surface area is 148 Å². The molecule has 1 amide bonds. The fourth-order valence-corrected chi connectivity index (χ4v) is 3.04. The minimum atomic E-state index is -0.495. The van der Waals surface area contributed by atoms with Crippen LogP contribution in [0, 0.1) is 5.92 Å². The van der Waals surface area contributed by atoms with Gasteiger partial charge in [0.1, 0.15) is 0 Å². The van der Waals surface area contributed by atoms with E-state index in [0.717, 1.165) is 36.1 Å². The van der Waals surface area contributed by atoms with Crippen molar-refractivity contribution in [2.75, 3.05) is 19.6 Å². The zero-order valence-electron chi connectivity index (χ0n) is 13.3. The van der Waals surface area contributed by atoms with Crippen LogP contribution >= 0.6 is 28.3 Å². The Morgan fingerprint density at radius 1 is 1.36 bits per heavy atom. The summed E-state index contributed by atoms with van der Waals surface area (Å²) in [6.07, 6.45) is 3.59. The number of piperidine rings is 1. The minimum absolute atomic E-state index is 0. The Morgan fingerprint density at radius 3 is 2.64 bits per heavy atom. The summed E-state index contributed by atoms with van der Waals surface area (Å²) in [5, 5.41) is 6.52. The lowest BCUT2D eigenvalue weighted by molar-refractivity contribution is -0.125. The van der Waals surface area contributed by atoms with Gasteiger partial charge in [0.15, 0.2) is 0 Å². The molecule has 1 saturated heterocycles. The van der Waals surface area contributed by atoms with Gasteiger partial charge in [-0.25, -0.2) is 0 Å². The molecule has 3 nitrogen and oxygen atoms in total. The first-order valence-corrected chi connectivity index (χ1v) is 8.54. The second kappa shape index (κ2) is 8.90. The van der Waals surface area contributed by atoms with Gasteiger partial charge >= 0.3 is 0 Å². The second-order valence-electron chi connectivity index (χ2n) is 6.39. The molecule has 0 saturated carbocycles. The van der Waals surface area contributed by atoms with E-state index in [1.807, 2.05) is 38.1 Å². The summed E-state index contributed by atoms with van der Waals surface area (Å²) in [7, 11) is 0. The van der Waals surface area contributed by atoms with Crippen molar-refractivity contribution < 1.29 is 4.79 Å². The van der Waals surface area contributed by atoms with Crippen LogP contribution in [-0.2, 0) is 10.2 Å². The summed E-state index contributed by atoms with van der Waals surface area (Å²) in [6.45, 7) is 6.96. The Balaban J connectivity index is 0.00000242. The molecule has 124 valence electrons. The Hall–Kier alpha value is -0.580. The molecule has 22 heavy (non-hydrogen) atoms. The molecule has 2 rings (SSSR count). The van der Waals surface area contributed by atoms with Crippen molar-refractivity contribution in [3.05, 3.63) is 34.3 Å². The van der Waals surface area contributed by atoms with Crippen LogP contribution in [0.3, 0.4) is 0 Å². The van der Waals surface area contributed by atoms with Crippen LogP contribution in [-0.4, -0.2) is 25.5 Å². The number of hydrogen-bond donors (Lipinski definition) is 2. The first-order chi connectivity index (χ1) is 10.00. The number of halogens is 2. The van der Waals surface area contributed by atoms with Crippen LogP contribution < -0.4 is 10.6 Å². The molecule has 2 N–H and O–H groups in total. The molecule has 1 heterocycles. The van der Waals surface area contributed by atoms with Gasteiger partial charge in [0, 0.05) is 11.0 Å². The summed E-state index contributed by atoms with van der Waals surface area (Å²) in [5.41, 5.74) is 0.549. The van der Waals surface area contributed by atoms with Crippen LogP contribution in [0.4, 0.5) is 0 Å². The number of carbonyl (C=O) groups excluding carboxylic acids is 1. The highest BCUT2D eigenvalue weighted by atomic mass is 79.9. The normalized spacial score (nSPS) is 18.4. The van der Waals surface area contributed by atoms with Gasteiger partial charge in [-0.05, 0) is 69.8 Å². The topological polar surface area (TPSA) is 41.1 Å². The minimum Gasteiger partial charge on any atom is -0.355 e. The molecule has 0 aromatic heterocycles. The molecule has 1 aromatic carbocycles. The molecule has 0 aliphatic carbocycles. The van der Waals surface area contributed by atoms with Gasteiger partial charge in [-0.2, -0.15) is 0 Å². The first kappa shape index (κ1) is 19.5. The van der Waals surface area contributed by atoms with Gasteiger partial charge in [-0.3, -0.25) is 4.79 Å². The molecular weight excluding hydrogens is 364 g/mol. The Kier molecular flexibility index (Phi) is 7.87. The van der Waals surface area contributed by atoms with Crippen molar-refractivity contribution in [1.82, 2.24) is 10.6 Å². The molecule has 1 aliphatic heterocycles. The molecule has 1 unspecified atom stereocenters. The van der Waals surface area contributed by atoms with Crippen molar-refractivity contribution in [1.29, 1.82) is 0 Å². The lowest BCUT2D eigenvalue weighted by Crippen LogP contribution is -2.41. The van der Waals surface area contributed by atoms with E-state index in [9.17, 15) is 4.79 Å². The van der Waals surface area contributed by atoms with E-state index < -0.39 is 5.41 Å². The zero-order chi connectivity index (χ0) is 15.3. The Morgan fingerprint density at radius 2 is 2.05 bits per heavy atom. The van der Waals surface area contributed by atoms with Gasteiger partial charge in [-0.1, -0.05) is 28.1 Å².